The van der Waals surface area contributed by atoms with Gasteiger partial charge in [-0.2, -0.15) is 0 Å². The Morgan fingerprint density at radius 1 is 1.18 bits per heavy atom. The minimum atomic E-state index is -1.16. The van der Waals surface area contributed by atoms with Crippen molar-refractivity contribution >= 4 is 46.4 Å². The summed E-state index contributed by atoms with van der Waals surface area (Å²) in [5, 5.41) is 2.59. The van der Waals surface area contributed by atoms with Gasteiger partial charge in [0.05, 0.1) is 5.56 Å². The zero-order valence-electron chi connectivity index (χ0n) is 13.2. The maximum Gasteiger partial charge on any atom is 0.257 e. The first-order chi connectivity index (χ1) is 10.3. The number of nitrogens with one attached hydrogen (secondary N) is 1. The summed E-state index contributed by atoms with van der Waals surface area (Å²) in [4.78, 5) is 26.6. The largest absolute Gasteiger partial charge is 0.377 e. The van der Waals surface area contributed by atoms with E-state index in [2.05, 4.69) is 5.32 Å². The van der Waals surface area contributed by atoms with E-state index in [9.17, 15) is 9.59 Å². The van der Waals surface area contributed by atoms with E-state index in [1.807, 2.05) is 32.8 Å². The summed E-state index contributed by atoms with van der Waals surface area (Å²) < 4.78 is 0. The molecule has 0 spiro atoms. The third-order valence-corrected chi connectivity index (χ3v) is 3.62. The fourth-order valence-corrected chi connectivity index (χ4v) is 2.16. The minimum absolute atomic E-state index is 0.0851. The molecular formula is C15H21Cl2N3O2. The monoisotopic (exact) mass is 345 g/mol. The number of carbonyl (C=O) groups is 2. The molecule has 0 saturated carbocycles. The topological polar surface area (TPSA) is 52.7 Å². The van der Waals surface area contributed by atoms with E-state index in [1.54, 1.807) is 23.1 Å². The molecule has 2 amide bonds. The Hall–Kier alpha value is -1.46. The van der Waals surface area contributed by atoms with Crippen molar-refractivity contribution in [3.63, 3.8) is 0 Å². The van der Waals surface area contributed by atoms with Crippen molar-refractivity contribution in [2.45, 2.75) is 18.7 Å². The highest BCUT2D eigenvalue weighted by Gasteiger charge is 2.19. The summed E-state index contributed by atoms with van der Waals surface area (Å²) >= 11 is 11.1. The van der Waals surface area contributed by atoms with Crippen LogP contribution in [0.4, 0.5) is 11.4 Å². The highest BCUT2D eigenvalue weighted by molar-refractivity contribution is 6.54. The van der Waals surface area contributed by atoms with E-state index in [0.29, 0.717) is 24.3 Å². The number of halogens is 2. The quantitative estimate of drug-likeness (QED) is 0.806. The van der Waals surface area contributed by atoms with Crippen molar-refractivity contribution in [1.82, 2.24) is 4.90 Å². The van der Waals surface area contributed by atoms with Gasteiger partial charge in [-0.05, 0) is 32.0 Å². The highest BCUT2D eigenvalue weighted by Crippen LogP contribution is 2.25. The summed E-state index contributed by atoms with van der Waals surface area (Å²) in [6, 6.07) is 5.14. The molecule has 0 fully saturated rings. The SMILES string of the molecule is CCN(CC)C(=O)c1cc(NC(=O)C(Cl)Cl)ccc1N(C)C. The van der Waals surface area contributed by atoms with Crippen LogP contribution in [0.2, 0.25) is 0 Å². The molecule has 122 valence electrons. The molecule has 7 heteroatoms. The molecule has 0 aliphatic rings. The molecule has 1 aromatic rings. The van der Waals surface area contributed by atoms with Crippen molar-refractivity contribution in [3.8, 4) is 0 Å². The Balaban J connectivity index is 3.21. The molecule has 0 radical (unpaired) electrons. The summed E-state index contributed by atoms with van der Waals surface area (Å²) in [5.41, 5.74) is 1.78. The van der Waals surface area contributed by atoms with Crippen LogP contribution < -0.4 is 10.2 Å². The van der Waals surface area contributed by atoms with Crippen molar-refractivity contribution in [1.29, 1.82) is 0 Å². The van der Waals surface area contributed by atoms with Crippen LogP contribution in [-0.4, -0.2) is 48.7 Å². The van der Waals surface area contributed by atoms with Crippen LogP contribution in [0.5, 0.6) is 0 Å². The van der Waals surface area contributed by atoms with Gasteiger partial charge in [0.25, 0.3) is 11.8 Å². The Morgan fingerprint density at radius 3 is 2.23 bits per heavy atom. The van der Waals surface area contributed by atoms with Crippen LogP contribution >= 0.6 is 23.2 Å². The fourth-order valence-electron chi connectivity index (χ4n) is 2.05. The van der Waals surface area contributed by atoms with Crippen molar-refractivity contribution < 1.29 is 9.59 Å². The predicted molar refractivity (Wildman–Crippen MR) is 92.1 cm³/mol. The Bertz CT molecular complexity index is 544. The summed E-state index contributed by atoms with van der Waals surface area (Å²) in [5.74, 6) is -0.611. The third kappa shape index (κ3) is 4.52. The van der Waals surface area contributed by atoms with Gasteiger partial charge in [-0.3, -0.25) is 9.59 Å². The molecule has 0 unspecified atom stereocenters. The van der Waals surface area contributed by atoms with Crippen molar-refractivity contribution in [3.05, 3.63) is 23.8 Å². The van der Waals surface area contributed by atoms with E-state index in [-0.39, 0.29) is 5.91 Å². The number of amides is 2. The lowest BCUT2D eigenvalue weighted by atomic mass is 10.1. The Morgan fingerprint density at radius 2 is 1.77 bits per heavy atom. The second-order valence-corrected chi connectivity index (χ2v) is 5.99. The molecule has 0 aliphatic carbocycles. The lowest BCUT2D eigenvalue weighted by molar-refractivity contribution is -0.114. The van der Waals surface area contributed by atoms with Crippen LogP contribution in [0.25, 0.3) is 0 Å². The number of benzene rings is 1. The predicted octanol–water partition coefficient (Wildman–Crippen LogP) is 2.98. The number of rotatable bonds is 6. The van der Waals surface area contributed by atoms with Crippen molar-refractivity contribution in [2.75, 3.05) is 37.4 Å². The van der Waals surface area contributed by atoms with Crippen LogP contribution in [0.1, 0.15) is 24.2 Å². The number of hydrogen-bond acceptors (Lipinski definition) is 3. The molecule has 1 aromatic carbocycles. The van der Waals surface area contributed by atoms with Gasteiger partial charge in [0.1, 0.15) is 0 Å². The zero-order valence-corrected chi connectivity index (χ0v) is 14.7. The molecule has 5 nitrogen and oxygen atoms in total. The molecule has 0 aliphatic heterocycles. The second-order valence-electron chi connectivity index (χ2n) is 4.89. The lowest BCUT2D eigenvalue weighted by Gasteiger charge is -2.23. The third-order valence-electron chi connectivity index (χ3n) is 3.23. The van der Waals surface area contributed by atoms with Gasteiger partial charge in [0.2, 0.25) is 0 Å². The van der Waals surface area contributed by atoms with Gasteiger partial charge in [-0.1, -0.05) is 23.2 Å². The molecule has 0 aromatic heterocycles. The number of nitrogens with zero attached hydrogens (tertiary/aromatic N) is 2. The average molecular weight is 346 g/mol. The minimum Gasteiger partial charge on any atom is -0.377 e. The summed E-state index contributed by atoms with van der Waals surface area (Å²) in [6.45, 7) is 5.08. The molecule has 1 rings (SSSR count). The first kappa shape index (κ1) is 18.6. The number of anilines is 2. The van der Waals surface area contributed by atoms with Gasteiger partial charge in [-0.15, -0.1) is 0 Å². The first-order valence-electron chi connectivity index (χ1n) is 7.01. The first-order valence-corrected chi connectivity index (χ1v) is 7.88. The van der Waals surface area contributed by atoms with E-state index in [0.717, 1.165) is 5.69 Å². The van der Waals surface area contributed by atoms with E-state index in [4.69, 9.17) is 23.2 Å². The Kier molecular flexibility index (Phi) is 6.97. The molecule has 0 bridgehead atoms. The highest BCUT2D eigenvalue weighted by atomic mass is 35.5. The van der Waals surface area contributed by atoms with Crippen molar-refractivity contribution in [2.24, 2.45) is 0 Å². The standard InChI is InChI=1S/C15H21Cl2N3O2/c1-5-20(6-2)15(22)11-9-10(18-14(21)13(16)17)7-8-12(11)19(3)4/h7-9,13H,5-6H2,1-4H3,(H,18,21). The number of carbonyl (C=O) groups excluding carboxylic acids is 2. The maximum atomic E-state index is 12.6. The zero-order chi connectivity index (χ0) is 16.9. The smallest absolute Gasteiger partial charge is 0.257 e. The van der Waals surface area contributed by atoms with Gasteiger partial charge in [0, 0.05) is 38.6 Å². The van der Waals surface area contributed by atoms with E-state index < -0.39 is 10.7 Å². The van der Waals surface area contributed by atoms with E-state index >= 15 is 0 Å². The molecule has 22 heavy (non-hydrogen) atoms. The Labute approximate surface area is 141 Å². The molecular weight excluding hydrogens is 325 g/mol. The van der Waals surface area contributed by atoms with Crippen LogP contribution in [0, 0.1) is 0 Å². The number of alkyl halides is 2. The molecule has 0 saturated heterocycles. The summed E-state index contributed by atoms with van der Waals surface area (Å²) in [6.07, 6.45) is 0. The number of hydrogen-bond donors (Lipinski definition) is 1. The van der Waals surface area contributed by atoms with Gasteiger partial charge < -0.3 is 15.1 Å². The van der Waals surface area contributed by atoms with Crippen LogP contribution in [-0.2, 0) is 4.79 Å². The molecule has 1 N–H and O–H groups in total. The van der Waals surface area contributed by atoms with E-state index in [1.165, 1.54) is 0 Å². The van der Waals surface area contributed by atoms with Crippen LogP contribution in [0.3, 0.4) is 0 Å². The maximum absolute atomic E-state index is 12.6. The average Bonchev–Trinajstić information content (AvgIpc) is 2.47. The normalized spacial score (nSPS) is 10.5. The van der Waals surface area contributed by atoms with Crippen LogP contribution in [0.15, 0.2) is 18.2 Å². The second kappa shape index (κ2) is 8.25. The molecule has 0 heterocycles. The van der Waals surface area contributed by atoms with Gasteiger partial charge in [-0.25, -0.2) is 0 Å². The summed E-state index contributed by atoms with van der Waals surface area (Å²) in [7, 11) is 3.72. The fraction of sp³-hybridized carbons (Fsp3) is 0.467. The molecule has 0 atom stereocenters. The lowest BCUT2D eigenvalue weighted by Crippen LogP contribution is -2.32. The van der Waals surface area contributed by atoms with Gasteiger partial charge >= 0.3 is 0 Å². The van der Waals surface area contributed by atoms with Gasteiger partial charge in [0.15, 0.2) is 4.84 Å².